The average Bonchev–Trinajstić information content (AvgIpc) is 2.77. The van der Waals surface area contributed by atoms with Crippen LogP contribution in [-0.4, -0.2) is 35.6 Å². The van der Waals surface area contributed by atoms with Gasteiger partial charge in [0, 0.05) is 23.8 Å². The topological polar surface area (TPSA) is 61.9 Å². The standard InChI is InChI=1S/C28H33N3O3S/c1-7-30-24-12-17(3)19(13-22(24)18(4)16-28(30,5)6)14-23-25(32)29-27(35)31(26(23)33)20-10-9-11-21(15-20)34-8-2/h9-15,18H,7-8,16H2,1-6H3,(H,29,32,35)/b23-14-. The molecule has 2 heterocycles. The number of aryl methyl sites for hydroxylation is 1. The normalized spacial score (nSPS) is 20.7. The number of amides is 2. The van der Waals surface area contributed by atoms with Gasteiger partial charge in [0.2, 0.25) is 0 Å². The largest absolute Gasteiger partial charge is 0.494 e. The van der Waals surface area contributed by atoms with Crippen molar-refractivity contribution in [2.45, 2.75) is 59.4 Å². The SMILES string of the molecule is CCOc1cccc(N2C(=O)/C(=C\c3cc4c(cc3C)N(CC)C(C)(C)CC4C)C(=O)NC2=S)c1. The fraction of sp³-hybridized carbons (Fsp3) is 0.393. The maximum Gasteiger partial charge on any atom is 0.270 e. The number of hydrogen-bond donors (Lipinski definition) is 1. The molecule has 0 bridgehead atoms. The summed E-state index contributed by atoms with van der Waals surface area (Å²) in [5.41, 5.74) is 5.01. The molecule has 35 heavy (non-hydrogen) atoms. The number of carbonyl (C=O) groups excluding carboxylic acids is 2. The van der Waals surface area contributed by atoms with E-state index in [0.29, 0.717) is 24.0 Å². The van der Waals surface area contributed by atoms with Gasteiger partial charge >= 0.3 is 0 Å². The fourth-order valence-corrected chi connectivity index (χ4v) is 5.61. The molecule has 1 fully saturated rings. The molecule has 0 radical (unpaired) electrons. The van der Waals surface area contributed by atoms with Crippen molar-refractivity contribution in [1.29, 1.82) is 0 Å². The minimum atomic E-state index is -0.487. The molecule has 2 aromatic rings. The van der Waals surface area contributed by atoms with Gasteiger partial charge in [0.05, 0.1) is 12.3 Å². The van der Waals surface area contributed by atoms with Crippen LogP contribution in [0.4, 0.5) is 11.4 Å². The molecule has 0 aliphatic carbocycles. The summed E-state index contributed by atoms with van der Waals surface area (Å²) in [6.07, 6.45) is 2.72. The second-order valence-corrected chi connectivity index (χ2v) is 10.2. The van der Waals surface area contributed by atoms with E-state index in [1.54, 1.807) is 24.3 Å². The molecule has 0 spiro atoms. The monoisotopic (exact) mass is 491 g/mol. The molecule has 0 aromatic heterocycles. The molecule has 2 amide bonds. The highest BCUT2D eigenvalue weighted by Crippen LogP contribution is 2.44. The van der Waals surface area contributed by atoms with Crippen LogP contribution >= 0.6 is 12.2 Å². The molecule has 1 saturated heterocycles. The molecule has 1 N–H and O–H groups in total. The fourth-order valence-electron chi connectivity index (χ4n) is 5.33. The van der Waals surface area contributed by atoms with E-state index in [1.165, 1.54) is 16.2 Å². The number of benzene rings is 2. The van der Waals surface area contributed by atoms with Crippen LogP contribution < -0.4 is 19.9 Å². The van der Waals surface area contributed by atoms with Gasteiger partial charge in [-0.1, -0.05) is 13.0 Å². The first-order valence-corrected chi connectivity index (χ1v) is 12.5. The second kappa shape index (κ2) is 9.46. The van der Waals surface area contributed by atoms with Gasteiger partial charge in [-0.05, 0) is 106 Å². The first-order valence-electron chi connectivity index (χ1n) is 12.1. The number of anilines is 2. The van der Waals surface area contributed by atoms with E-state index in [2.05, 4.69) is 50.0 Å². The number of carbonyl (C=O) groups is 2. The summed E-state index contributed by atoms with van der Waals surface area (Å²) < 4.78 is 5.58. The molecule has 1 unspecified atom stereocenters. The van der Waals surface area contributed by atoms with Crippen molar-refractivity contribution in [3.05, 3.63) is 58.7 Å². The van der Waals surface area contributed by atoms with Crippen LogP contribution in [-0.2, 0) is 9.59 Å². The average molecular weight is 492 g/mol. The predicted octanol–water partition coefficient (Wildman–Crippen LogP) is 5.34. The van der Waals surface area contributed by atoms with Crippen LogP contribution in [0.2, 0.25) is 0 Å². The Morgan fingerprint density at radius 3 is 2.63 bits per heavy atom. The smallest absolute Gasteiger partial charge is 0.270 e. The third-order valence-electron chi connectivity index (χ3n) is 6.88. The van der Waals surface area contributed by atoms with E-state index in [-0.39, 0.29) is 16.2 Å². The van der Waals surface area contributed by atoms with E-state index in [1.807, 2.05) is 19.9 Å². The highest BCUT2D eigenvalue weighted by Gasteiger charge is 2.37. The van der Waals surface area contributed by atoms with Gasteiger partial charge in [-0.25, -0.2) is 0 Å². The zero-order valence-corrected chi connectivity index (χ0v) is 22.1. The number of ether oxygens (including phenoxy) is 1. The lowest BCUT2D eigenvalue weighted by molar-refractivity contribution is -0.122. The lowest BCUT2D eigenvalue weighted by atomic mass is 9.79. The summed E-state index contributed by atoms with van der Waals surface area (Å²) in [5, 5.41) is 2.74. The van der Waals surface area contributed by atoms with Crippen LogP contribution in [0.15, 0.2) is 42.0 Å². The van der Waals surface area contributed by atoms with Crippen LogP contribution in [0, 0.1) is 6.92 Å². The van der Waals surface area contributed by atoms with Crippen molar-refractivity contribution >= 4 is 46.6 Å². The van der Waals surface area contributed by atoms with Crippen molar-refractivity contribution in [3.8, 4) is 5.75 Å². The van der Waals surface area contributed by atoms with Crippen molar-refractivity contribution < 1.29 is 14.3 Å². The molecule has 4 rings (SSSR count). The number of hydrogen-bond acceptors (Lipinski definition) is 5. The number of fused-ring (bicyclic) bond motifs is 1. The highest BCUT2D eigenvalue weighted by molar-refractivity contribution is 7.80. The van der Waals surface area contributed by atoms with Crippen LogP contribution in [0.5, 0.6) is 5.75 Å². The Labute approximate surface area is 212 Å². The number of nitrogens with one attached hydrogen (secondary N) is 1. The maximum atomic E-state index is 13.5. The maximum absolute atomic E-state index is 13.5. The van der Waals surface area contributed by atoms with Gasteiger partial charge in [0.25, 0.3) is 11.8 Å². The first-order chi connectivity index (χ1) is 16.6. The number of rotatable bonds is 5. The summed E-state index contributed by atoms with van der Waals surface area (Å²) in [7, 11) is 0. The second-order valence-electron chi connectivity index (χ2n) is 9.82. The minimum Gasteiger partial charge on any atom is -0.494 e. The Hall–Kier alpha value is -3.19. The van der Waals surface area contributed by atoms with Gasteiger partial charge in [-0.3, -0.25) is 19.8 Å². The van der Waals surface area contributed by atoms with Crippen molar-refractivity contribution in [2.24, 2.45) is 0 Å². The summed E-state index contributed by atoms with van der Waals surface area (Å²) in [6.45, 7) is 14.3. The summed E-state index contributed by atoms with van der Waals surface area (Å²) in [6, 6.07) is 11.4. The lowest BCUT2D eigenvalue weighted by Crippen LogP contribution is -2.54. The van der Waals surface area contributed by atoms with E-state index >= 15 is 0 Å². The summed E-state index contributed by atoms with van der Waals surface area (Å²) in [4.78, 5) is 30.2. The summed E-state index contributed by atoms with van der Waals surface area (Å²) >= 11 is 5.36. The Kier molecular flexibility index (Phi) is 6.73. The lowest BCUT2D eigenvalue weighted by Gasteiger charge is -2.47. The van der Waals surface area contributed by atoms with Gasteiger partial charge in [-0.2, -0.15) is 0 Å². The zero-order valence-electron chi connectivity index (χ0n) is 21.3. The summed E-state index contributed by atoms with van der Waals surface area (Å²) in [5.74, 6) is 0.0559. The molecule has 2 aromatic carbocycles. The van der Waals surface area contributed by atoms with Crippen LogP contribution in [0.25, 0.3) is 6.08 Å². The Morgan fingerprint density at radius 2 is 1.94 bits per heavy atom. The minimum absolute atomic E-state index is 0.0552. The predicted molar refractivity (Wildman–Crippen MR) is 145 cm³/mol. The number of thiocarbonyl (C=S) groups is 1. The molecule has 184 valence electrons. The third kappa shape index (κ3) is 4.57. The molecule has 7 heteroatoms. The van der Waals surface area contributed by atoms with E-state index in [9.17, 15) is 9.59 Å². The molecule has 6 nitrogen and oxygen atoms in total. The Bertz CT molecular complexity index is 1230. The van der Waals surface area contributed by atoms with Gasteiger partial charge in [0.15, 0.2) is 5.11 Å². The van der Waals surface area contributed by atoms with E-state index < -0.39 is 11.8 Å². The van der Waals surface area contributed by atoms with E-state index in [0.717, 1.165) is 24.1 Å². The van der Waals surface area contributed by atoms with Gasteiger partial charge in [0.1, 0.15) is 11.3 Å². The van der Waals surface area contributed by atoms with Gasteiger partial charge < -0.3 is 9.64 Å². The van der Waals surface area contributed by atoms with Gasteiger partial charge in [-0.15, -0.1) is 0 Å². The quantitative estimate of drug-likeness (QED) is 0.348. The molecular weight excluding hydrogens is 458 g/mol. The van der Waals surface area contributed by atoms with Crippen molar-refractivity contribution in [2.75, 3.05) is 23.0 Å². The van der Waals surface area contributed by atoms with Crippen molar-refractivity contribution in [3.63, 3.8) is 0 Å². The zero-order chi connectivity index (χ0) is 25.5. The molecule has 2 aliphatic rings. The highest BCUT2D eigenvalue weighted by atomic mass is 32.1. The van der Waals surface area contributed by atoms with Crippen LogP contribution in [0.1, 0.15) is 63.6 Å². The molecule has 1 atom stereocenters. The van der Waals surface area contributed by atoms with E-state index in [4.69, 9.17) is 17.0 Å². The molecular formula is C28H33N3O3S. The van der Waals surface area contributed by atoms with Crippen molar-refractivity contribution in [1.82, 2.24) is 5.32 Å². The third-order valence-corrected chi connectivity index (χ3v) is 7.16. The number of nitrogens with zero attached hydrogens (tertiary/aromatic N) is 2. The Morgan fingerprint density at radius 1 is 1.20 bits per heavy atom. The molecule has 0 saturated carbocycles. The first kappa shape index (κ1) is 24.9. The Balaban J connectivity index is 1.76. The molecule has 2 aliphatic heterocycles. The van der Waals surface area contributed by atoms with Crippen LogP contribution in [0.3, 0.4) is 0 Å².